The van der Waals surface area contributed by atoms with Crippen molar-refractivity contribution in [2.75, 3.05) is 14.2 Å². The number of benzene rings is 4. The van der Waals surface area contributed by atoms with Crippen molar-refractivity contribution >= 4 is 0 Å². The van der Waals surface area contributed by atoms with Crippen LogP contribution in [0.25, 0.3) is 0 Å². The molecule has 6 unspecified atom stereocenters. The molecule has 0 heterocycles. The van der Waals surface area contributed by atoms with Gasteiger partial charge in [-0.2, -0.15) is 0 Å². The van der Waals surface area contributed by atoms with Crippen molar-refractivity contribution in [2.24, 2.45) is 17.3 Å². The first-order valence-electron chi connectivity index (χ1n) is 19.2. The van der Waals surface area contributed by atoms with Gasteiger partial charge in [0.05, 0.1) is 27.4 Å². The number of aliphatic hydroxyl groups is 2. The molecule has 6 rings (SSSR count). The zero-order valence-corrected chi connectivity index (χ0v) is 32.3. The first-order valence-corrected chi connectivity index (χ1v) is 19.2. The van der Waals surface area contributed by atoms with E-state index in [-0.39, 0.29) is 18.6 Å². The number of methoxy groups -OCH3 is 2. The van der Waals surface area contributed by atoms with Crippen LogP contribution in [0.1, 0.15) is 132 Å². The van der Waals surface area contributed by atoms with Gasteiger partial charge in [0.1, 0.15) is 11.5 Å². The van der Waals surface area contributed by atoms with Crippen molar-refractivity contribution in [1.82, 2.24) is 0 Å². The molecule has 2 aliphatic carbocycles. The zero-order valence-electron chi connectivity index (χ0n) is 32.3. The molecule has 0 bridgehead atoms. The summed E-state index contributed by atoms with van der Waals surface area (Å²) < 4.78 is 11.3. The molecule has 0 amide bonds. The van der Waals surface area contributed by atoms with Gasteiger partial charge in [-0.3, -0.25) is 0 Å². The molecule has 0 spiro atoms. The number of aryl methyl sites for hydroxylation is 4. The van der Waals surface area contributed by atoms with Crippen LogP contribution in [-0.4, -0.2) is 24.4 Å². The molecule has 2 aliphatic rings. The molecule has 0 aliphatic heterocycles. The van der Waals surface area contributed by atoms with Gasteiger partial charge in [-0.15, -0.1) is 0 Å². The largest absolute Gasteiger partial charge is 0.496 e. The fourth-order valence-corrected chi connectivity index (χ4v) is 10.1. The standard InChI is InChI=1S/C47H60O4/c1-29-21-33(9-11-37(29)27-48)41-17-15-39(25-43(41)35-10-12-38(28-49)30(2)22-35)47(5,6)40-16-18-42(34-13-19-45(50-7)31(3)23-34)44(26-40)36-14-20-46(51-8)32(4)24-36/h9-14,19-24,39-44,48-49H,15-18,25-28H2,1-8H3. The maximum absolute atomic E-state index is 9.96. The average Bonchev–Trinajstić information content (AvgIpc) is 3.14. The van der Waals surface area contributed by atoms with E-state index in [0.29, 0.717) is 35.5 Å². The minimum atomic E-state index is 0.0747. The Bertz CT molecular complexity index is 1690. The highest BCUT2D eigenvalue weighted by Gasteiger charge is 2.46. The van der Waals surface area contributed by atoms with Gasteiger partial charge in [-0.1, -0.05) is 74.5 Å². The number of rotatable bonds is 10. The molecule has 2 N–H and O–H groups in total. The van der Waals surface area contributed by atoms with Crippen molar-refractivity contribution in [3.8, 4) is 11.5 Å². The minimum Gasteiger partial charge on any atom is -0.496 e. The Balaban J connectivity index is 1.32. The Kier molecular flexibility index (Phi) is 11.3. The van der Waals surface area contributed by atoms with E-state index in [1.807, 2.05) is 0 Å². The third-order valence-corrected chi connectivity index (χ3v) is 13.4. The fourth-order valence-electron chi connectivity index (χ4n) is 10.1. The highest BCUT2D eigenvalue weighted by molar-refractivity contribution is 5.43. The summed E-state index contributed by atoms with van der Waals surface area (Å²) in [6.07, 6.45) is 7.09. The Morgan fingerprint density at radius 2 is 0.863 bits per heavy atom. The molecule has 0 aromatic heterocycles. The minimum absolute atomic E-state index is 0.0747. The second-order valence-electron chi connectivity index (χ2n) is 16.4. The normalized spacial score (nSPS) is 24.0. The third kappa shape index (κ3) is 7.50. The molecule has 6 atom stereocenters. The molecule has 2 fully saturated rings. The van der Waals surface area contributed by atoms with Crippen LogP contribution in [0.15, 0.2) is 72.8 Å². The van der Waals surface area contributed by atoms with Crippen molar-refractivity contribution in [1.29, 1.82) is 0 Å². The molecule has 4 aromatic rings. The summed E-state index contributed by atoms with van der Waals surface area (Å²) in [5, 5.41) is 19.9. The van der Waals surface area contributed by atoms with Gasteiger partial charge >= 0.3 is 0 Å². The lowest BCUT2D eigenvalue weighted by molar-refractivity contribution is 0.0391. The highest BCUT2D eigenvalue weighted by Crippen LogP contribution is 2.58. The van der Waals surface area contributed by atoms with E-state index >= 15 is 0 Å². The van der Waals surface area contributed by atoms with Crippen LogP contribution in [-0.2, 0) is 13.2 Å². The third-order valence-electron chi connectivity index (χ3n) is 13.4. The summed E-state index contributed by atoms with van der Waals surface area (Å²) in [4.78, 5) is 0. The van der Waals surface area contributed by atoms with Crippen LogP contribution >= 0.6 is 0 Å². The zero-order chi connectivity index (χ0) is 36.4. The second-order valence-corrected chi connectivity index (χ2v) is 16.4. The van der Waals surface area contributed by atoms with Crippen molar-refractivity contribution in [3.05, 3.63) is 128 Å². The molecule has 4 aromatic carbocycles. The van der Waals surface area contributed by atoms with Crippen molar-refractivity contribution in [2.45, 2.75) is 117 Å². The second kappa shape index (κ2) is 15.6. The van der Waals surface area contributed by atoms with Crippen LogP contribution < -0.4 is 9.47 Å². The van der Waals surface area contributed by atoms with Crippen LogP contribution in [0.5, 0.6) is 11.5 Å². The number of ether oxygens (including phenoxy) is 2. The van der Waals surface area contributed by atoms with E-state index in [0.717, 1.165) is 35.5 Å². The number of hydrogen-bond acceptors (Lipinski definition) is 4. The Morgan fingerprint density at radius 1 is 0.510 bits per heavy atom. The lowest BCUT2D eigenvalue weighted by atomic mass is 9.54. The molecule has 272 valence electrons. The Hall–Kier alpha value is -3.60. The monoisotopic (exact) mass is 688 g/mol. The summed E-state index contributed by atoms with van der Waals surface area (Å²) >= 11 is 0. The van der Waals surface area contributed by atoms with Crippen molar-refractivity contribution < 1.29 is 19.7 Å². The topological polar surface area (TPSA) is 58.9 Å². The molecule has 2 saturated carbocycles. The summed E-state index contributed by atoms with van der Waals surface area (Å²) in [6, 6.07) is 27.2. The average molecular weight is 689 g/mol. The van der Waals surface area contributed by atoms with E-state index in [9.17, 15) is 10.2 Å². The molecule has 51 heavy (non-hydrogen) atoms. The number of hydrogen-bond donors (Lipinski definition) is 2. The van der Waals surface area contributed by atoms with E-state index in [1.165, 1.54) is 70.2 Å². The van der Waals surface area contributed by atoms with Gasteiger partial charge in [0, 0.05) is 0 Å². The van der Waals surface area contributed by atoms with Gasteiger partial charge in [-0.25, -0.2) is 0 Å². The lowest BCUT2D eigenvalue weighted by Crippen LogP contribution is -2.40. The predicted octanol–water partition coefficient (Wildman–Crippen LogP) is 11.0. The summed E-state index contributed by atoms with van der Waals surface area (Å²) in [5.41, 5.74) is 12.6. The maximum atomic E-state index is 9.96. The van der Waals surface area contributed by atoms with Gasteiger partial charge in [0.25, 0.3) is 0 Å². The SMILES string of the molecule is COc1ccc(C2CCC(C(C)(C)C3CCC(c4ccc(CO)c(C)c4)C(c4ccc(CO)c(C)c4)C3)CC2c2ccc(OC)c(C)c2)cc1C. The summed E-state index contributed by atoms with van der Waals surface area (Å²) in [6.45, 7) is 13.9. The first-order chi connectivity index (χ1) is 24.5. The van der Waals surface area contributed by atoms with Crippen LogP contribution in [0.3, 0.4) is 0 Å². The lowest BCUT2D eigenvalue weighted by Gasteiger charge is -2.50. The molecule has 0 radical (unpaired) electrons. The fraction of sp³-hybridized carbons (Fsp3) is 0.489. The molecular formula is C47H60O4. The summed E-state index contributed by atoms with van der Waals surface area (Å²) in [7, 11) is 3.52. The van der Waals surface area contributed by atoms with Crippen LogP contribution in [0.2, 0.25) is 0 Å². The van der Waals surface area contributed by atoms with E-state index in [4.69, 9.17) is 9.47 Å². The van der Waals surface area contributed by atoms with Gasteiger partial charge < -0.3 is 19.7 Å². The van der Waals surface area contributed by atoms with E-state index in [1.54, 1.807) is 14.2 Å². The van der Waals surface area contributed by atoms with Gasteiger partial charge in [0.2, 0.25) is 0 Å². The highest BCUT2D eigenvalue weighted by atomic mass is 16.5. The quantitative estimate of drug-likeness (QED) is 0.174. The Labute approximate surface area is 307 Å². The maximum Gasteiger partial charge on any atom is 0.121 e. The molecule has 4 heteroatoms. The van der Waals surface area contributed by atoms with E-state index in [2.05, 4.69) is 114 Å². The van der Waals surface area contributed by atoms with Gasteiger partial charge in [0.15, 0.2) is 0 Å². The predicted molar refractivity (Wildman–Crippen MR) is 209 cm³/mol. The molecule has 0 saturated heterocycles. The summed E-state index contributed by atoms with van der Waals surface area (Å²) in [5.74, 6) is 4.81. The van der Waals surface area contributed by atoms with E-state index < -0.39 is 0 Å². The molecule has 4 nitrogen and oxygen atoms in total. The number of aliphatic hydroxyl groups excluding tert-OH is 2. The molecular weight excluding hydrogens is 629 g/mol. The van der Waals surface area contributed by atoms with Gasteiger partial charge in [-0.05, 0) is 175 Å². The first kappa shape index (κ1) is 37.2. The van der Waals surface area contributed by atoms with Crippen LogP contribution in [0, 0.1) is 44.9 Å². The van der Waals surface area contributed by atoms with Crippen molar-refractivity contribution in [3.63, 3.8) is 0 Å². The smallest absolute Gasteiger partial charge is 0.121 e. The Morgan fingerprint density at radius 3 is 1.20 bits per heavy atom. The van der Waals surface area contributed by atoms with Crippen LogP contribution in [0.4, 0.5) is 0 Å².